The molecule has 0 saturated heterocycles. The van der Waals surface area contributed by atoms with Gasteiger partial charge >= 0.3 is 5.63 Å². The summed E-state index contributed by atoms with van der Waals surface area (Å²) >= 11 is 0. The molecule has 0 fully saturated rings. The highest BCUT2D eigenvalue weighted by molar-refractivity contribution is 7.92. The Labute approximate surface area is 133 Å². The molecule has 23 heavy (non-hydrogen) atoms. The second-order valence-corrected chi connectivity index (χ2v) is 7.06. The molecule has 0 amide bonds. The molecular formula is C17H15NO4S. The van der Waals surface area contributed by atoms with Crippen LogP contribution in [0.4, 0.5) is 5.69 Å². The van der Waals surface area contributed by atoms with Crippen LogP contribution in [0.3, 0.4) is 0 Å². The number of aryl methyl sites for hydroxylation is 2. The average molecular weight is 329 g/mol. The number of nitrogens with one attached hydrogen (secondary N) is 1. The third kappa shape index (κ3) is 3.12. The summed E-state index contributed by atoms with van der Waals surface area (Å²) in [5.41, 5.74) is 1.98. The highest BCUT2D eigenvalue weighted by Gasteiger charge is 2.14. The molecule has 0 spiro atoms. The number of sulfonamides is 1. The maximum atomic E-state index is 12.4. The maximum Gasteiger partial charge on any atom is 0.336 e. The minimum absolute atomic E-state index is 0.175. The smallest absolute Gasteiger partial charge is 0.336 e. The van der Waals surface area contributed by atoms with Crippen molar-refractivity contribution in [3.8, 4) is 0 Å². The summed E-state index contributed by atoms with van der Waals surface area (Å²) < 4.78 is 32.4. The van der Waals surface area contributed by atoms with E-state index in [4.69, 9.17) is 4.42 Å². The summed E-state index contributed by atoms with van der Waals surface area (Å²) in [4.78, 5) is 11.6. The monoisotopic (exact) mass is 329 g/mol. The Balaban J connectivity index is 2.01. The maximum absolute atomic E-state index is 12.4. The molecular weight excluding hydrogens is 314 g/mol. The molecule has 3 aromatic rings. The predicted molar refractivity (Wildman–Crippen MR) is 89.2 cm³/mol. The summed E-state index contributed by atoms with van der Waals surface area (Å²) in [5.74, 6) is 0. The minimum Gasteiger partial charge on any atom is -0.423 e. The number of anilines is 1. The van der Waals surface area contributed by atoms with Crippen LogP contribution in [0.25, 0.3) is 11.0 Å². The van der Waals surface area contributed by atoms with E-state index in [1.807, 2.05) is 6.92 Å². The number of rotatable bonds is 3. The van der Waals surface area contributed by atoms with Crippen molar-refractivity contribution in [3.63, 3.8) is 0 Å². The molecule has 0 aliphatic heterocycles. The largest absolute Gasteiger partial charge is 0.423 e. The molecule has 0 saturated carbocycles. The fraction of sp³-hybridized carbons (Fsp3) is 0.118. The van der Waals surface area contributed by atoms with E-state index in [9.17, 15) is 13.2 Å². The number of hydrogen-bond acceptors (Lipinski definition) is 4. The Hall–Kier alpha value is -2.60. The van der Waals surface area contributed by atoms with Gasteiger partial charge in [-0.2, -0.15) is 0 Å². The Morgan fingerprint density at radius 1 is 0.957 bits per heavy atom. The standard InChI is InChI=1S/C17H15NO4S/c1-11-3-6-14(7-4-11)23(20,21)18-13-5-8-15-12(2)9-17(19)22-16(15)10-13/h3-10,18H,1-2H3. The van der Waals surface area contributed by atoms with Crippen LogP contribution in [-0.2, 0) is 10.0 Å². The van der Waals surface area contributed by atoms with E-state index in [0.717, 1.165) is 16.5 Å². The molecule has 3 rings (SSSR count). The van der Waals surface area contributed by atoms with E-state index in [2.05, 4.69) is 4.72 Å². The molecule has 0 unspecified atom stereocenters. The van der Waals surface area contributed by atoms with Crippen molar-refractivity contribution in [3.05, 3.63) is 70.1 Å². The lowest BCUT2D eigenvalue weighted by Crippen LogP contribution is -2.13. The van der Waals surface area contributed by atoms with Crippen LogP contribution < -0.4 is 10.3 Å². The van der Waals surface area contributed by atoms with Gasteiger partial charge in [0.15, 0.2) is 0 Å². The van der Waals surface area contributed by atoms with Crippen LogP contribution >= 0.6 is 0 Å². The average Bonchev–Trinajstić information content (AvgIpc) is 2.46. The summed E-state index contributed by atoms with van der Waals surface area (Å²) in [6.07, 6.45) is 0. The van der Waals surface area contributed by atoms with E-state index < -0.39 is 15.6 Å². The van der Waals surface area contributed by atoms with Gasteiger partial charge in [-0.1, -0.05) is 17.7 Å². The second-order valence-electron chi connectivity index (χ2n) is 5.38. The van der Waals surface area contributed by atoms with Crippen LogP contribution in [0.1, 0.15) is 11.1 Å². The summed E-state index contributed by atoms with van der Waals surface area (Å²) in [5, 5.41) is 0.767. The van der Waals surface area contributed by atoms with Crippen molar-refractivity contribution in [2.75, 3.05) is 4.72 Å². The van der Waals surface area contributed by atoms with Gasteiger partial charge in [0, 0.05) is 17.5 Å². The molecule has 5 nitrogen and oxygen atoms in total. The second kappa shape index (κ2) is 5.55. The minimum atomic E-state index is -3.69. The molecule has 118 valence electrons. The Morgan fingerprint density at radius 2 is 1.65 bits per heavy atom. The van der Waals surface area contributed by atoms with Gasteiger partial charge in [-0.3, -0.25) is 4.72 Å². The van der Waals surface area contributed by atoms with Gasteiger partial charge in [0.25, 0.3) is 10.0 Å². The predicted octanol–water partition coefficient (Wildman–Crippen LogP) is 3.21. The summed E-state index contributed by atoms with van der Waals surface area (Å²) in [7, 11) is -3.69. The molecule has 0 aliphatic rings. The van der Waals surface area contributed by atoms with Crippen molar-refractivity contribution < 1.29 is 12.8 Å². The first-order chi connectivity index (χ1) is 10.8. The van der Waals surface area contributed by atoms with Crippen molar-refractivity contribution in [2.24, 2.45) is 0 Å². The van der Waals surface area contributed by atoms with Crippen LogP contribution in [0.5, 0.6) is 0 Å². The zero-order chi connectivity index (χ0) is 16.6. The van der Waals surface area contributed by atoms with E-state index in [1.165, 1.54) is 12.1 Å². The first-order valence-electron chi connectivity index (χ1n) is 6.99. The quantitative estimate of drug-likeness (QED) is 0.749. The lowest BCUT2D eigenvalue weighted by atomic mass is 10.1. The molecule has 0 radical (unpaired) electrons. The first-order valence-corrected chi connectivity index (χ1v) is 8.47. The van der Waals surface area contributed by atoms with Gasteiger partial charge in [0.05, 0.1) is 10.6 Å². The van der Waals surface area contributed by atoms with Crippen LogP contribution in [0.2, 0.25) is 0 Å². The number of hydrogen-bond donors (Lipinski definition) is 1. The fourth-order valence-corrected chi connectivity index (χ4v) is 3.37. The van der Waals surface area contributed by atoms with Crippen LogP contribution in [-0.4, -0.2) is 8.42 Å². The van der Waals surface area contributed by atoms with E-state index in [-0.39, 0.29) is 4.90 Å². The Kier molecular flexibility index (Phi) is 3.69. The van der Waals surface area contributed by atoms with E-state index in [0.29, 0.717) is 11.3 Å². The molecule has 2 aromatic carbocycles. The summed E-state index contributed by atoms with van der Waals surface area (Å²) in [6, 6.07) is 12.8. The zero-order valence-corrected chi connectivity index (χ0v) is 13.5. The van der Waals surface area contributed by atoms with Gasteiger partial charge in [-0.15, -0.1) is 0 Å². The number of benzene rings is 2. The molecule has 1 heterocycles. The van der Waals surface area contributed by atoms with Crippen molar-refractivity contribution in [2.45, 2.75) is 18.7 Å². The molecule has 0 atom stereocenters. The molecule has 6 heteroatoms. The zero-order valence-electron chi connectivity index (χ0n) is 12.7. The highest BCUT2D eigenvalue weighted by Crippen LogP contribution is 2.23. The normalized spacial score (nSPS) is 11.6. The van der Waals surface area contributed by atoms with E-state index >= 15 is 0 Å². The molecule has 0 bridgehead atoms. The Morgan fingerprint density at radius 3 is 2.35 bits per heavy atom. The van der Waals surface area contributed by atoms with Gasteiger partial charge in [-0.05, 0) is 43.7 Å². The topological polar surface area (TPSA) is 76.4 Å². The molecule has 0 aliphatic carbocycles. The fourth-order valence-electron chi connectivity index (χ4n) is 2.32. The lowest BCUT2D eigenvalue weighted by Gasteiger charge is -2.09. The third-order valence-electron chi connectivity index (χ3n) is 3.53. The third-order valence-corrected chi connectivity index (χ3v) is 4.93. The molecule has 1 N–H and O–H groups in total. The van der Waals surface area contributed by atoms with Crippen molar-refractivity contribution in [1.82, 2.24) is 0 Å². The molecule has 1 aromatic heterocycles. The van der Waals surface area contributed by atoms with Crippen LogP contribution in [0, 0.1) is 13.8 Å². The van der Waals surface area contributed by atoms with Gasteiger partial charge in [-0.25, -0.2) is 13.2 Å². The van der Waals surface area contributed by atoms with Crippen molar-refractivity contribution in [1.29, 1.82) is 0 Å². The first kappa shape index (κ1) is 15.3. The van der Waals surface area contributed by atoms with E-state index in [1.54, 1.807) is 43.3 Å². The highest BCUT2D eigenvalue weighted by atomic mass is 32.2. The van der Waals surface area contributed by atoms with Crippen LogP contribution in [0.15, 0.2) is 62.6 Å². The van der Waals surface area contributed by atoms with Crippen molar-refractivity contribution >= 4 is 26.7 Å². The summed E-state index contributed by atoms with van der Waals surface area (Å²) in [6.45, 7) is 3.69. The van der Waals surface area contributed by atoms with Gasteiger partial charge in [0.1, 0.15) is 5.58 Å². The lowest BCUT2D eigenvalue weighted by molar-refractivity contribution is 0.560. The SMILES string of the molecule is Cc1ccc(S(=O)(=O)Nc2ccc3c(C)cc(=O)oc3c2)cc1. The number of fused-ring (bicyclic) bond motifs is 1. The Bertz CT molecular complexity index is 1030. The van der Waals surface area contributed by atoms with Gasteiger partial charge in [0.2, 0.25) is 0 Å². The van der Waals surface area contributed by atoms with Gasteiger partial charge < -0.3 is 4.42 Å².